The van der Waals surface area contributed by atoms with E-state index in [0.29, 0.717) is 38.2 Å². The number of rotatable bonds is 3. The molecule has 1 fully saturated rings. The van der Waals surface area contributed by atoms with Crippen molar-refractivity contribution >= 4 is 17.5 Å². The number of aromatic amines is 1. The maximum absolute atomic E-state index is 12.9. The van der Waals surface area contributed by atoms with Crippen LogP contribution in [0.3, 0.4) is 0 Å². The highest BCUT2D eigenvalue weighted by Gasteiger charge is 2.47. The van der Waals surface area contributed by atoms with Crippen LogP contribution in [0.25, 0.3) is 0 Å². The fraction of sp³-hybridized carbons (Fsp3) is 0.333. The number of carbonyl (C=O) groups is 2. The molecule has 9 nitrogen and oxygen atoms in total. The number of carbonyl (C=O) groups excluding carboxylic acids is 2. The van der Waals surface area contributed by atoms with Crippen LogP contribution in [0.5, 0.6) is 0 Å². The van der Waals surface area contributed by atoms with Crippen molar-refractivity contribution in [2.24, 2.45) is 0 Å². The third kappa shape index (κ3) is 3.26. The quantitative estimate of drug-likeness (QED) is 0.690. The summed E-state index contributed by atoms with van der Waals surface area (Å²) >= 11 is 0. The summed E-state index contributed by atoms with van der Waals surface area (Å²) in [4.78, 5) is 31.8. The van der Waals surface area contributed by atoms with Gasteiger partial charge in [-0.2, -0.15) is 5.10 Å². The molecule has 0 aliphatic carbocycles. The zero-order valence-corrected chi connectivity index (χ0v) is 16.3. The average Bonchev–Trinajstić information content (AvgIpc) is 3.47. The van der Waals surface area contributed by atoms with E-state index in [1.165, 1.54) is 0 Å². The second kappa shape index (κ2) is 7.42. The first-order chi connectivity index (χ1) is 14.6. The second-order valence-corrected chi connectivity index (χ2v) is 7.62. The Morgan fingerprint density at radius 2 is 1.93 bits per heavy atom. The van der Waals surface area contributed by atoms with E-state index in [9.17, 15) is 9.59 Å². The lowest BCUT2D eigenvalue weighted by molar-refractivity contribution is -0.168. The van der Waals surface area contributed by atoms with Crippen LogP contribution < -0.4 is 5.32 Å². The van der Waals surface area contributed by atoms with Gasteiger partial charge in [-0.1, -0.05) is 18.2 Å². The highest BCUT2D eigenvalue weighted by molar-refractivity contribution is 5.94. The summed E-state index contributed by atoms with van der Waals surface area (Å²) in [6.45, 7) is 1.43. The van der Waals surface area contributed by atoms with Crippen LogP contribution in [-0.2, 0) is 21.7 Å². The lowest BCUT2D eigenvalue weighted by Gasteiger charge is -2.45. The first-order valence-corrected chi connectivity index (χ1v) is 9.99. The summed E-state index contributed by atoms with van der Waals surface area (Å²) in [5, 5.41) is 9.50. The zero-order valence-electron chi connectivity index (χ0n) is 16.3. The predicted octanol–water partition coefficient (Wildman–Crippen LogP) is 1.78. The van der Waals surface area contributed by atoms with Gasteiger partial charge in [0.2, 0.25) is 0 Å². The molecule has 1 saturated heterocycles. The Morgan fingerprint density at radius 1 is 1.13 bits per heavy atom. The van der Waals surface area contributed by atoms with Crippen molar-refractivity contribution in [2.75, 3.05) is 18.4 Å². The number of aromatic nitrogens is 4. The molecule has 2 aliphatic heterocycles. The van der Waals surface area contributed by atoms with Gasteiger partial charge in [-0.25, -0.2) is 4.98 Å². The Morgan fingerprint density at radius 3 is 2.67 bits per heavy atom. The van der Waals surface area contributed by atoms with E-state index in [1.54, 1.807) is 23.4 Å². The molecule has 2 aliphatic rings. The molecule has 9 heteroatoms. The van der Waals surface area contributed by atoms with E-state index in [2.05, 4.69) is 20.5 Å². The molecule has 154 valence electrons. The molecule has 2 amide bonds. The van der Waals surface area contributed by atoms with E-state index >= 15 is 0 Å². The molecule has 1 unspecified atom stereocenters. The van der Waals surface area contributed by atoms with Crippen molar-refractivity contribution in [3.8, 4) is 0 Å². The van der Waals surface area contributed by atoms with Gasteiger partial charge in [-0.15, -0.1) is 0 Å². The molecule has 4 heterocycles. The molecule has 0 bridgehead atoms. The van der Waals surface area contributed by atoms with E-state index in [4.69, 9.17) is 4.74 Å². The fourth-order valence-electron chi connectivity index (χ4n) is 4.24. The number of fused-ring (bicyclic) bond motifs is 2. The topological polar surface area (TPSA) is 105 Å². The van der Waals surface area contributed by atoms with Gasteiger partial charge in [-0.3, -0.25) is 14.7 Å². The Kier molecular flexibility index (Phi) is 4.59. The van der Waals surface area contributed by atoms with Crippen molar-refractivity contribution in [3.05, 3.63) is 66.5 Å². The number of piperidine rings is 1. The van der Waals surface area contributed by atoms with Crippen LogP contribution in [0.15, 0.2) is 55.0 Å². The number of H-pyrrole nitrogens is 1. The SMILES string of the molecule is O=C(Nc1ccccc1)C1Cn2ccnc2C2(CCN(C(=O)c3ccn[nH]3)CC2)O1. The fourth-order valence-corrected chi connectivity index (χ4v) is 4.24. The Bertz CT molecular complexity index is 1040. The highest BCUT2D eigenvalue weighted by atomic mass is 16.5. The summed E-state index contributed by atoms with van der Waals surface area (Å²) in [6.07, 6.45) is 5.68. The van der Waals surface area contributed by atoms with Crippen LogP contribution >= 0.6 is 0 Å². The molecule has 1 atom stereocenters. The van der Waals surface area contributed by atoms with E-state index in [0.717, 1.165) is 11.5 Å². The minimum absolute atomic E-state index is 0.0835. The number of ether oxygens (including phenoxy) is 1. The molecule has 0 saturated carbocycles. The number of imidazole rings is 1. The molecule has 30 heavy (non-hydrogen) atoms. The molecule has 1 aromatic carbocycles. The first-order valence-electron chi connectivity index (χ1n) is 9.99. The van der Waals surface area contributed by atoms with Gasteiger partial charge in [0.05, 0.1) is 6.54 Å². The van der Waals surface area contributed by atoms with Gasteiger partial charge in [0.25, 0.3) is 11.8 Å². The average molecular weight is 406 g/mol. The maximum atomic E-state index is 12.9. The normalized spacial score (nSPS) is 20.0. The molecule has 3 aromatic rings. The highest BCUT2D eigenvalue weighted by Crippen LogP contribution is 2.40. The minimum Gasteiger partial charge on any atom is -0.352 e. The summed E-state index contributed by atoms with van der Waals surface area (Å²) < 4.78 is 8.39. The summed E-state index contributed by atoms with van der Waals surface area (Å²) in [5.41, 5.74) is 0.513. The standard InChI is InChI=1S/C21H22N6O3/c28-18(24-15-4-2-1-3-5-15)17-14-27-13-10-22-20(27)21(30-17)7-11-26(12-8-21)19(29)16-6-9-23-25-16/h1-6,9-10,13,17H,7-8,11-12,14H2,(H,23,25)(H,24,28). The number of anilines is 1. The molecule has 0 radical (unpaired) electrons. The van der Waals surface area contributed by atoms with Crippen molar-refractivity contribution in [1.29, 1.82) is 0 Å². The van der Waals surface area contributed by atoms with Crippen molar-refractivity contribution < 1.29 is 14.3 Å². The largest absolute Gasteiger partial charge is 0.352 e. The molecule has 5 rings (SSSR count). The van der Waals surface area contributed by atoms with Gasteiger partial charge < -0.3 is 19.5 Å². The molecule has 1 spiro atoms. The lowest BCUT2D eigenvalue weighted by atomic mass is 9.88. The van der Waals surface area contributed by atoms with Crippen LogP contribution in [0, 0.1) is 0 Å². The van der Waals surface area contributed by atoms with Crippen LogP contribution in [0.4, 0.5) is 5.69 Å². The third-order valence-electron chi connectivity index (χ3n) is 5.78. The maximum Gasteiger partial charge on any atom is 0.271 e. The monoisotopic (exact) mass is 406 g/mol. The van der Waals surface area contributed by atoms with Gasteiger partial charge >= 0.3 is 0 Å². The third-order valence-corrected chi connectivity index (χ3v) is 5.78. The summed E-state index contributed by atoms with van der Waals surface area (Å²) in [5.74, 6) is 0.552. The molecular weight excluding hydrogens is 384 g/mol. The molecule has 2 N–H and O–H groups in total. The first kappa shape index (κ1) is 18.6. The Balaban J connectivity index is 1.33. The van der Waals surface area contributed by atoms with Crippen LogP contribution in [0.2, 0.25) is 0 Å². The van der Waals surface area contributed by atoms with Gasteiger partial charge in [0.15, 0.2) is 6.10 Å². The Hall–Kier alpha value is -3.46. The van der Waals surface area contributed by atoms with E-state index in [1.807, 2.05) is 41.1 Å². The van der Waals surface area contributed by atoms with Gasteiger partial charge in [0, 0.05) is 50.2 Å². The molecule has 2 aromatic heterocycles. The van der Waals surface area contributed by atoms with E-state index < -0.39 is 11.7 Å². The number of hydrogen-bond acceptors (Lipinski definition) is 5. The molecular formula is C21H22N6O3. The number of hydrogen-bond donors (Lipinski definition) is 2. The van der Waals surface area contributed by atoms with Gasteiger partial charge in [0.1, 0.15) is 17.1 Å². The number of benzene rings is 1. The Labute approximate surface area is 173 Å². The summed E-state index contributed by atoms with van der Waals surface area (Å²) in [6, 6.07) is 11.0. The smallest absolute Gasteiger partial charge is 0.271 e. The minimum atomic E-state index is -0.689. The van der Waals surface area contributed by atoms with Crippen molar-refractivity contribution in [3.63, 3.8) is 0 Å². The zero-order chi connectivity index (χ0) is 20.6. The number of amides is 2. The summed E-state index contributed by atoms with van der Waals surface area (Å²) in [7, 11) is 0. The lowest BCUT2D eigenvalue weighted by Crippen LogP contribution is -2.54. The van der Waals surface area contributed by atoms with Crippen LogP contribution in [0.1, 0.15) is 29.2 Å². The number of likely N-dealkylation sites (tertiary alicyclic amines) is 1. The van der Waals surface area contributed by atoms with Gasteiger partial charge in [-0.05, 0) is 18.2 Å². The van der Waals surface area contributed by atoms with Crippen molar-refractivity contribution in [2.45, 2.75) is 31.1 Å². The number of nitrogens with one attached hydrogen (secondary N) is 2. The van der Waals surface area contributed by atoms with Crippen molar-refractivity contribution in [1.82, 2.24) is 24.6 Å². The van der Waals surface area contributed by atoms with E-state index in [-0.39, 0.29) is 11.8 Å². The second-order valence-electron chi connectivity index (χ2n) is 7.62. The predicted molar refractivity (Wildman–Crippen MR) is 108 cm³/mol. The number of nitrogens with zero attached hydrogens (tertiary/aromatic N) is 4. The van der Waals surface area contributed by atoms with Crippen LogP contribution in [-0.4, -0.2) is 55.7 Å². The number of para-hydroxylation sites is 1.